The van der Waals surface area contributed by atoms with Crippen molar-refractivity contribution in [1.82, 2.24) is 19.7 Å². The maximum absolute atomic E-state index is 11.2. The van der Waals surface area contributed by atoms with Gasteiger partial charge in [0, 0.05) is 37.5 Å². The summed E-state index contributed by atoms with van der Waals surface area (Å²) in [5, 5.41) is 13.1. The Labute approximate surface area is 116 Å². The van der Waals surface area contributed by atoms with E-state index in [9.17, 15) is 4.79 Å². The minimum atomic E-state index is -0.395. The summed E-state index contributed by atoms with van der Waals surface area (Å²) in [5.41, 5.74) is 3.07. The van der Waals surface area contributed by atoms with E-state index in [2.05, 4.69) is 10.1 Å². The van der Waals surface area contributed by atoms with E-state index in [1.165, 1.54) is 0 Å². The van der Waals surface area contributed by atoms with Crippen LogP contribution in [-0.4, -0.2) is 38.5 Å². The third-order valence-corrected chi connectivity index (χ3v) is 3.34. The molecule has 0 atom stereocenters. The highest BCUT2D eigenvalue weighted by molar-refractivity contribution is 5.94. The predicted octanol–water partition coefficient (Wildman–Crippen LogP) is 0.718. The lowest BCUT2D eigenvalue weighted by atomic mass is 10.1. The van der Waals surface area contributed by atoms with Crippen molar-refractivity contribution >= 4 is 5.78 Å². The van der Waals surface area contributed by atoms with Gasteiger partial charge in [0.15, 0.2) is 0 Å². The normalized spacial score (nSPS) is 14.6. The van der Waals surface area contributed by atoms with Crippen LogP contribution in [0.4, 0.5) is 0 Å². The fraction of sp³-hybridized carbons (Fsp3) is 0.286. The van der Waals surface area contributed by atoms with Crippen molar-refractivity contribution in [2.24, 2.45) is 0 Å². The smallest absolute Gasteiger partial charge is 0.245 e. The Morgan fingerprint density at radius 1 is 1.50 bits per heavy atom. The van der Waals surface area contributed by atoms with Gasteiger partial charge in [-0.1, -0.05) is 0 Å². The molecule has 1 aliphatic heterocycles. The molecular weight excluding hydrogens is 254 g/mol. The minimum Gasteiger partial charge on any atom is -0.290 e. The first-order chi connectivity index (χ1) is 9.76. The number of rotatable bonds is 3. The Kier molecular flexibility index (Phi) is 3.27. The van der Waals surface area contributed by atoms with Gasteiger partial charge in [0.05, 0.1) is 24.1 Å². The molecular formula is C14H13N5O. The molecule has 20 heavy (non-hydrogen) atoms. The van der Waals surface area contributed by atoms with E-state index < -0.39 is 5.78 Å². The maximum atomic E-state index is 11.2. The summed E-state index contributed by atoms with van der Waals surface area (Å²) in [4.78, 5) is 17.2. The van der Waals surface area contributed by atoms with Crippen molar-refractivity contribution in [3.63, 3.8) is 0 Å². The number of hydrogen-bond donors (Lipinski definition) is 0. The third kappa shape index (κ3) is 2.44. The summed E-state index contributed by atoms with van der Waals surface area (Å²) in [7, 11) is 0. The molecule has 3 rings (SSSR count). The second-order valence-electron chi connectivity index (χ2n) is 4.75. The predicted molar refractivity (Wildman–Crippen MR) is 71.0 cm³/mol. The molecule has 6 heteroatoms. The van der Waals surface area contributed by atoms with Crippen LogP contribution in [0, 0.1) is 11.3 Å². The first-order valence-corrected chi connectivity index (χ1v) is 6.39. The van der Waals surface area contributed by atoms with Crippen LogP contribution in [0.25, 0.3) is 5.69 Å². The van der Waals surface area contributed by atoms with Crippen LogP contribution >= 0.6 is 0 Å². The molecule has 3 heterocycles. The zero-order chi connectivity index (χ0) is 13.9. The van der Waals surface area contributed by atoms with Crippen molar-refractivity contribution in [2.75, 3.05) is 13.1 Å². The van der Waals surface area contributed by atoms with Crippen LogP contribution in [0.3, 0.4) is 0 Å². The molecule has 0 aromatic carbocycles. The molecule has 1 aliphatic rings. The summed E-state index contributed by atoms with van der Waals surface area (Å²) < 4.78 is 1.81. The lowest BCUT2D eigenvalue weighted by Crippen LogP contribution is -2.34. The first kappa shape index (κ1) is 12.5. The fourth-order valence-corrected chi connectivity index (χ4v) is 2.37. The van der Waals surface area contributed by atoms with E-state index in [4.69, 9.17) is 5.26 Å². The van der Waals surface area contributed by atoms with Gasteiger partial charge in [-0.05, 0) is 12.1 Å². The Morgan fingerprint density at radius 2 is 2.40 bits per heavy atom. The molecule has 0 saturated carbocycles. The van der Waals surface area contributed by atoms with Crippen molar-refractivity contribution in [3.8, 4) is 11.8 Å². The largest absolute Gasteiger partial charge is 0.290 e. The zero-order valence-electron chi connectivity index (χ0n) is 10.9. The molecule has 0 spiro atoms. The molecule has 0 fully saturated rings. The van der Waals surface area contributed by atoms with E-state index in [1.54, 1.807) is 18.5 Å². The second kappa shape index (κ2) is 5.23. The van der Waals surface area contributed by atoms with Crippen LogP contribution in [0.1, 0.15) is 11.3 Å². The SMILES string of the molecule is N#CC(=O)CN1CCc2nn(-c3cccnc3)cc2C1. The van der Waals surface area contributed by atoms with Crippen LogP contribution in [0.15, 0.2) is 30.7 Å². The van der Waals surface area contributed by atoms with Crippen molar-refractivity contribution in [3.05, 3.63) is 42.0 Å². The van der Waals surface area contributed by atoms with Crippen molar-refractivity contribution in [2.45, 2.75) is 13.0 Å². The summed E-state index contributed by atoms with van der Waals surface area (Å²) in [6.07, 6.45) is 6.24. The van der Waals surface area contributed by atoms with Crippen molar-refractivity contribution in [1.29, 1.82) is 5.26 Å². The van der Waals surface area contributed by atoms with Crippen LogP contribution in [0.2, 0.25) is 0 Å². The number of ketones is 1. The molecule has 2 aromatic rings. The van der Waals surface area contributed by atoms with E-state index >= 15 is 0 Å². The number of carbonyl (C=O) groups is 1. The van der Waals surface area contributed by atoms with E-state index in [0.717, 1.165) is 29.9 Å². The van der Waals surface area contributed by atoms with Gasteiger partial charge < -0.3 is 0 Å². The highest BCUT2D eigenvalue weighted by Crippen LogP contribution is 2.19. The molecule has 0 unspecified atom stereocenters. The average molecular weight is 267 g/mol. The molecule has 0 N–H and O–H groups in total. The number of Topliss-reactive ketones (excluding diaryl/α,β-unsaturated/α-hetero) is 1. The number of nitriles is 1. The van der Waals surface area contributed by atoms with Gasteiger partial charge in [0.2, 0.25) is 5.78 Å². The second-order valence-corrected chi connectivity index (χ2v) is 4.75. The quantitative estimate of drug-likeness (QED) is 0.766. The third-order valence-electron chi connectivity index (χ3n) is 3.34. The topological polar surface area (TPSA) is 74.8 Å². The van der Waals surface area contributed by atoms with E-state index in [-0.39, 0.29) is 6.54 Å². The van der Waals surface area contributed by atoms with Crippen LogP contribution < -0.4 is 0 Å². The van der Waals surface area contributed by atoms with Gasteiger partial charge in [0.1, 0.15) is 6.07 Å². The Morgan fingerprint density at radius 3 is 3.15 bits per heavy atom. The molecule has 0 bridgehead atoms. The molecule has 0 radical (unpaired) electrons. The van der Waals surface area contributed by atoms with Gasteiger partial charge in [-0.25, -0.2) is 4.68 Å². The minimum absolute atomic E-state index is 0.189. The van der Waals surface area contributed by atoms with Crippen LogP contribution in [0.5, 0.6) is 0 Å². The molecule has 0 aliphatic carbocycles. The first-order valence-electron chi connectivity index (χ1n) is 6.39. The number of carbonyl (C=O) groups excluding carboxylic acids is 1. The summed E-state index contributed by atoms with van der Waals surface area (Å²) in [5.74, 6) is -0.395. The lowest BCUT2D eigenvalue weighted by Gasteiger charge is -2.23. The number of nitrogens with zero attached hydrogens (tertiary/aromatic N) is 5. The molecule has 2 aromatic heterocycles. The summed E-state index contributed by atoms with van der Waals surface area (Å²) in [6.45, 7) is 1.60. The van der Waals surface area contributed by atoms with Gasteiger partial charge in [0.25, 0.3) is 0 Å². The highest BCUT2D eigenvalue weighted by atomic mass is 16.1. The summed E-state index contributed by atoms with van der Waals surface area (Å²) >= 11 is 0. The molecule has 6 nitrogen and oxygen atoms in total. The average Bonchev–Trinajstić information content (AvgIpc) is 2.91. The van der Waals surface area contributed by atoms with Crippen molar-refractivity contribution < 1.29 is 4.79 Å². The van der Waals surface area contributed by atoms with E-state index in [0.29, 0.717) is 6.54 Å². The maximum Gasteiger partial charge on any atom is 0.245 e. The number of aromatic nitrogens is 3. The zero-order valence-corrected chi connectivity index (χ0v) is 10.9. The fourth-order valence-electron chi connectivity index (χ4n) is 2.37. The van der Waals surface area contributed by atoms with Gasteiger partial charge >= 0.3 is 0 Å². The van der Waals surface area contributed by atoms with Crippen LogP contribution in [-0.2, 0) is 17.8 Å². The molecule has 0 amide bonds. The van der Waals surface area contributed by atoms with Gasteiger partial charge in [-0.3, -0.25) is 14.7 Å². The van der Waals surface area contributed by atoms with Gasteiger partial charge in [-0.15, -0.1) is 0 Å². The molecule has 0 saturated heterocycles. The Bertz CT molecular complexity index is 671. The standard InChI is InChI=1S/C14H13N5O/c15-6-13(20)10-18-5-3-14-11(8-18)9-19(17-14)12-2-1-4-16-7-12/h1-2,4,7,9H,3,5,8,10H2. The number of pyridine rings is 1. The van der Waals surface area contributed by atoms with E-state index in [1.807, 2.05) is 27.9 Å². The summed E-state index contributed by atoms with van der Waals surface area (Å²) in [6, 6.07) is 5.47. The number of fused-ring (bicyclic) bond motifs is 1. The highest BCUT2D eigenvalue weighted by Gasteiger charge is 2.21. The number of hydrogen-bond acceptors (Lipinski definition) is 5. The monoisotopic (exact) mass is 267 g/mol. The van der Waals surface area contributed by atoms with Gasteiger partial charge in [-0.2, -0.15) is 10.4 Å². The Balaban J connectivity index is 1.80. The molecule has 100 valence electrons. The Hall–Kier alpha value is -2.52. The lowest BCUT2D eigenvalue weighted by molar-refractivity contribution is -0.115.